The van der Waals surface area contributed by atoms with Gasteiger partial charge in [-0.15, -0.1) is 0 Å². The maximum absolute atomic E-state index is 9.38. The van der Waals surface area contributed by atoms with Crippen molar-refractivity contribution in [1.29, 1.82) is 0 Å². The van der Waals surface area contributed by atoms with E-state index in [2.05, 4.69) is 10.3 Å². The number of halogens is 1. The molecule has 0 fully saturated rings. The van der Waals surface area contributed by atoms with E-state index in [4.69, 9.17) is 23.1 Å². The predicted molar refractivity (Wildman–Crippen MR) is 76.8 cm³/mol. The fourth-order valence-electron chi connectivity index (χ4n) is 1.61. The Morgan fingerprint density at radius 3 is 2.79 bits per heavy atom. The lowest BCUT2D eigenvalue weighted by molar-refractivity contribution is 0.475. The standard InChI is InChI=1S/C13H13ClN4O/c14-12(15)10-4-5-17-7-11(10)13(16)18-8-2-1-3-9(19)6-8/h1-7,17,19H,15H2,(H2,16,18)/b12-10-. The van der Waals surface area contributed by atoms with Gasteiger partial charge in [0.1, 0.15) is 16.7 Å². The fourth-order valence-corrected chi connectivity index (χ4v) is 1.78. The van der Waals surface area contributed by atoms with E-state index in [-0.39, 0.29) is 16.7 Å². The van der Waals surface area contributed by atoms with Gasteiger partial charge in [-0.25, -0.2) is 4.99 Å². The molecule has 1 aromatic rings. The third kappa shape index (κ3) is 3.08. The van der Waals surface area contributed by atoms with E-state index in [0.717, 1.165) is 0 Å². The average Bonchev–Trinajstić information content (AvgIpc) is 2.38. The van der Waals surface area contributed by atoms with Crippen LogP contribution < -0.4 is 16.8 Å². The Bertz CT molecular complexity index is 613. The first-order valence-electron chi connectivity index (χ1n) is 5.50. The number of phenols is 1. The van der Waals surface area contributed by atoms with E-state index >= 15 is 0 Å². The largest absolute Gasteiger partial charge is 0.508 e. The molecule has 0 unspecified atom stereocenters. The molecule has 98 valence electrons. The molecule has 0 amide bonds. The van der Waals surface area contributed by atoms with Gasteiger partial charge in [0.15, 0.2) is 0 Å². The SMILES string of the molecule is NC(=Nc1cccc(O)c1)C1=CNC=C/C1=C(/N)Cl. The summed E-state index contributed by atoms with van der Waals surface area (Å²) in [7, 11) is 0. The summed E-state index contributed by atoms with van der Waals surface area (Å²) in [6, 6.07) is 6.47. The molecule has 19 heavy (non-hydrogen) atoms. The molecule has 0 radical (unpaired) electrons. The van der Waals surface area contributed by atoms with Gasteiger partial charge in [-0.1, -0.05) is 17.7 Å². The van der Waals surface area contributed by atoms with Crippen LogP contribution in [0.3, 0.4) is 0 Å². The van der Waals surface area contributed by atoms with Crippen LogP contribution in [0.1, 0.15) is 0 Å². The van der Waals surface area contributed by atoms with Crippen molar-refractivity contribution in [2.75, 3.05) is 0 Å². The van der Waals surface area contributed by atoms with Gasteiger partial charge in [0.05, 0.1) is 5.69 Å². The normalized spacial score (nSPS) is 17.7. The quantitative estimate of drug-likeness (QED) is 0.376. The van der Waals surface area contributed by atoms with Gasteiger partial charge in [-0.2, -0.15) is 0 Å². The Hall–Kier alpha value is -2.40. The molecule has 0 aromatic heterocycles. The topological polar surface area (TPSA) is 96.7 Å². The Morgan fingerprint density at radius 2 is 2.11 bits per heavy atom. The highest BCUT2D eigenvalue weighted by molar-refractivity contribution is 6.30. The molecule has 2 rings (SSSR count). The third-order valence-corrected chi connectivity index (χ3v) is 2.68. The third-order valence-electron chi connectivity index (χ3n) is 2.48. The molecule has 0 saturated heterocycles. The van der Waals surface area contributed by atoms with E-state index < -0.39 is 0 Å². The molecular weight excluding hydrogens is 264 g/mol. The van der Waals surface area contributed by atoms with Crippen LogP contribution in [-0.4, -0.2) is 10.9 Å². The highest BCUT2D eigenvalue weighted by Crippen LogP contribution is 2.22. The smallest absolute Gasteiger partial charge is 0.133 e. The highest BCUT2D eigenvalue weighted by Gasteiger charge is 2.13. The summed E-state index contributed by atoms with van der Waals surface area (Å²) in [5.74, 6) is 0.373. The van der Waals surface area contributed by atoms with E-state index in [1.165, 1.54) is 6.07 Å². The van der Waals surface area contributed by atoms with Crippen molar-refractivity contribution in [3.8, 4) is 5.75 Å². The molecule has 1 aliphatic heterocycles. The molecule has 0 bridgehead atoms. The summed E-state index contributed by atoms with van der Waals surface area (Å²) in [4.78, 5) is 4.22. The van der Waals surface area contributed by atoms with Crippen LogP contribution in [0.25, 0.3) is 0 Å². The van der Waals surface area contributed by atoms with Crippen LogP contribution in [0.2, 0.25) is 0 Å². The van der Waals surface area contributed by atoms with Gasteiger partial charge in [0.2, 0.25) is 0 Å². The Balaban J connectivity index is 2.36. The van der Waals surface area contributed by atoms with Crippen molar-refractivity contribution in [3.63, 3.8) is 0 Å². The lowest BCUT2D eigenvalue weighted by Gasteiger charge is -2.13. The van der Waals surface area contributed by atoms with Crippen molar-refractivity contribution >= 4 is 23.1 Å². The van der Waals surface area contributed by atoms with Crippen LogP contribution in [-0.2, 0) is 0 Å². The monoisotopic (exact) mass is 276 g/mol. The lowest BCUT2D eigenvalue weighted by atomic mass is 10.1. The number of phenolic OH excluding ortho intramolecular Hbond substituents is 1. The fraction of sp³-hybridized carbons (Fsp3) is 0. The van der Waals surface area contributed by atoms with Crippen LogP contribution in [0.15, 0.2) is 64.0 Å². The lowest BCUT2D eigenvalue weighted by Crippen LogP contribution is -2.21. The number of allylic oxidation sites excluding steroid dienone is 1. The van der Waals surface area contributed by atoms with E-state index in [9.17, 15) is 5.11 Å². The second-order valence-corrected chi connectivity index (χ2v) is 4.24. The molecule has 0 aliphatic carbocycles. The maximum Gasteiger partial charge on any atom is 0.133 e. The van der Waals surface area contributed by atoms with Crippen molar-refractivity contribution in [2.45, 2.75) is 0 Å². The summed E-state index contributed by atoms with van der Waals surface area (Å²) in [5.41, 5.74) is 13.3. The van der Waals surface area contributed by atoms with Gasteiger partial charge in [0.25, 0.3) is 0 Å². The zero-order chi connectivity index (χ0) is 13.8. The molecule has 1 aromatic carbocycles. The summed E-state index contributed by atoms with van der Waals surface area (Å²) in [5, 5.41) is 12.4. The van der Waals surface area contributed by atoms with Crippen molar-refractivity contribution in [2.24, 2.45) is 16.5 Å². The summed E-state index contributed by atoms with van der Waals surface area (Å²) < 4.78 is 0. The van der Waals surface area contributed by atoms with Gasteiger partial charge in [0, 0.05) is 29.6 Å². The number of nitrogens with zero attached hydrogens (tertiary/aromatic N) is 1. The average molecular weight is 277 g/mol. The molecule has 0 atom stereocenters. The predicted octanol–water partition coefficient (Wildman–Crippen LogP) is 1.79. The van der Waals surface area contributed by atoms with Gasteiger partial charge < -0.3 is 21.9 Å². The zero-order valence-electron chi connectivity index (χ0n) is 9.97. The van der Waals surface area contributed by atoms with E-state index in [1.807, 2.05) is 0 Å². The minimum atomic E-state index is 0.123. The van der Waals surface area contributed by atoms with Crippen molar-refractivity contribution in [3.05, 3.63) is 59.0 Å². The van der Waals surface area contributed by atoms with Crippen molar-refractivity contribution in [1.82, 2.24) is 5.32 Å². The summed E-state index contributed by atoms with van der Waals surface area (Å²) in [6.45, 7) is 0. The summed E-state index contributed by atoms with van der Waals surface area (Å²) in [6.07, 6.45) is 5.06. The molecule has 0 saturated carbocycles. The molecule has 6 heteroatoms. The first-order valence-corrected chi connectivity index (χ1v) is 5.87. The van der Waals surface area contributed by atoms with Gasteiger partial charge in [-0.05, 0) is 18.2 Å². The number of nitrogens with one attached hydrogen (secondary N) is 1. The molecule has 6 N–H and O–H groups in total. The Kier molecular flexibility index (Phi) is 3.77. The number of dihydropyridines is 1. The molecule has 5 nitrogen and oxygen atoms in total. The first kappa shape index (κ1) is 13.0. The first-order chi connectivity index (χ1) is 9.08. The number of nitrogens with two attached hydrogens (primary N) is 2. The molecule has 1 heterocycles. The number of benzene rings is 1. The number of hydrogen-bond donors (Lipinski definition) is 4. The van der Waals surface area contributed by atoms with Crippen LogP contribution in [0.4, 0.5) is 5.69 Å². The Morgan fingerprint density at radius 1 is 1.32 bits per heavy atom. The number of aliphatic imine (C=N–C) groups is 1. The number of amidine groups is 1. The van der Waals surface area contributed by atoms with Crippen LogP contribution >= 0.6 is 11.6 Å². The highest BCUT2D eigenvalue weighted by atomic mass is 35.5. The van der Waals surface area contributed by atoms with Crippen molar-refractivity contribution < 1.29 is 5.11 Å². The van der Waals surface area contributed by atoms with Crippen LogP contribution in [0, 0.1) is 0 Å². The van der Waals surface area contributed by atoms with Crippen LogP contribution in [0.5, 0.6) is 5.75 Å². The molecular formula is C13H13ClN4O. The number of rotatable bonds is 2. The van der Waals surface area contributed by atoms with E-state index in [0.29, 0.717) is 16.8 Å². The molecule has 0 spiro atoms. The minimum absolute atomic E-state index is 0.123. The number of hydrogen-bond acceptors (Lipinski definition) is 4. The maximum atomic E-state index is 9.38. The Labute approximate surface area is 115 Å². The van der Waals surface area contributed by atoms with Gasteiger partial charge >= 0.3 is 0 Å². The van der Waals surface area contributed by atoms with Gasteiger partial charge in [-0.3, -0.25) is 0 Å². The van der Waals surface area contributed by atoms with E-state index in [1.54, 1.807) is 36.7 Å². The second kappa shape index (κ2) is 5.49. The summed E-state index contributed by atoms with van der Waals surface area (Å²) >= 11 is 5.81. The zero-order valence-corrected chi connectivity index (χ0v) is 10.7. The number of aromatic hydroxyl groups is 1. The molecule has 1 aliphatic rings. The second-order valence-electron chi connectivity index (χ2n) is 3.84. The minimum Gasteiger partial charge on any atom is -0.508 e.